The lowest BCUT2D eigenvalue weighted by Crippen LogP contribution is -2.43. The van der Waals surface area contributed by atoms with E-state index in [0.717, 1.165) is 59.6 Å². The Balaban J connectivity index is 1.59. The van der Waals surface area contributed by atoms with Crippen LogP contribution >= 0.6 is 34.7 Å². The van der Waals surface area contributed by atoms with Crippen molar-refractivity contribution in [3.8, 4) is 16.9 Å². The van der Waals surface area contributed by atoms with E-state index in [4.69, 9.17) is 16.7 Å². The van der Waals surface area contributed by atoms with Crippen LogP contribution in [0.2, 0.25) is 5.02 Å². The normalized spacial score (nSPS) is 17.5. The number of amides is 2. The van der Waals surface area contributed by atoms with Crippen LogP contribution in [0, 0.1) is 6.92 Å². The highest BCUT2D eigenvalue weighted by Gasteiger charge is 2.38. The van der Waals surface area contributed by atoms with Crippen molar-refractivity contribution in [3.63, 3.8) is 0 Å². The van der Waals surface area contributed by atoms with Gasteiger partial charge in [-0.1, -0.05) is 41.4 Å². The maximum absolute atomic E-state index is 13.7. The molecule has 0 N–H and O–H groups in total. The number of thioether (sulfide) groups is 1. The summed E-state index contributed by atoms with van der Waals surface area (Å²) in [4.78, 5) is 30.7. The summed E-state index contributed by atoms with van der Waals surface area (Å²) in [6, 6.07) is 17.8. The number of thiophene rings is 1. The number of rotatable bonds is 5. The standard InChI is InChI=1S/C29H27ClN4O2S2/c1-19-4-10-23(11-5-19)34-29-26(27(31-34)20-6-8-22(30)9-7-20)28(21-12-15-37-17-21)38-18-25(36)33(29)16-24(35)32-13-2-3-14-32/h4-12,15,17,28H,2-3,13-14,16,18H2,1H3/t28-/m1/s1. The van der Waals surface area contributed by atoms with Crippen molar-refractivity contribution in [1.29, 1.82) is 0 Å². The zero-order valence-corrected chi connectivity index (χ0v) is 23.4. The van der Waals surface area contributed by atoms with Crippen LogP contribution in [0.3, 0.4) is 0 Å². The van der Waals surface area contributed by atoms with Crippen molar-refractivity contribution < 1.29 is 9.59 Å². The summed E-state index contributed by atoms with van der Waals surface area (Å²) in [7, 11) is 0. The number of halogens is 1. The average Bonchev–Trinajstić information content (AvgIpc) is 3.69. The molecule has 0 radical (unpaired) electrons. The van der Waals surface area contributed by atoms with Crippen LogP contribution in [0.15, 0.2) is 65.4 Å². The maximum Gasteiger partial charge on any atom is 0.242 e. The Morgan fingerprint density at radius 2 is 1.79 bits per heavy atom. The molecule has 2 aliphatic heterocycles. The number of aromatic nitrogens is 2. The van der Waals surface area contributed by atoms with Gasteiger partial charge in [-0.3, -0.25) is 14.5 Å². The van der Waals surface area contributed by atoms with Crippen molar-refractivity contribution in [1.82, 2.24) is 14.7 Å². The molecule has 0 aliphatic carbocycles. The van der Waals surface area contributed by atoms with E-state index in [0.29, 0.717) is 10.8 Å². The third kappa shape index (κ3) is 4.77. The summed E-state index contributed by atoms with van der Waals surface area (Å²) >= 11 is 9.46. The fourth-order valence-corrected chi connectivity index (χ4v) is 7.18. The molecule has 1 atom stereocenters. The van der Waals surface area contributed by atoms with Gasteiger partial charge in [0.1, 0.15) is 12.4 Å². The fourth-order valence-electron chi connectivity index (χ4n) is 5.10. The van der Waals surface area contributed by atoms with Gasteiger partial charge in [0.05, 0.1) is 22.4 Å². The number of aryl methyl sites for hydroxylation is 1. The highest BCUT2D eigenvalue weighted by atomic mass is 35.5. The van der Waals surface area contributed by atoms with E-state index < -0.39 is 0 Å². The number of hydrogen-bond acceptors (Lipinski definition) is 5. The van der Waals surface area contributed by atoms with Crippen LogP contribution in [-0.2, 0) is 9.59 Å². The Morgan fingerprint density at radius 3 is 2.47 bits per heavy atom. The minimum absolute atomic E-state index is 0.000360. The molecule has 0 bridgehead atoms. The van der Waals surface area contributed by atoms with Crippen molar-refractivity contribution in [2.75, 3.05) is 30.3 Å². The lowest BCUT2D eigenvalue weighted by Gasteiger charge is -2.25. The van der Waals surface area contributed by atoms with Gasteiger partial charge in [0.2, 0.25) is 11.8 Å². The first-order valence-corrected chi connectivity index (χ1v) is 15.0. The molecule has 0 unspecified atom stereocenters. The maximum atomic E-state index is 13.7. The molecule has 2 aliphatic rings. The minimum Gasteiger partial charge on any atom is -0.341 e. The first-order valence-electron chi connectivity index (χ1n) is 12.7. The van der Waals surface area contributed by atoms with Gasteiger partial charge < -0.3 is 4.90 Å². The number of carbonyl (C=O) groups is 2. The fraction of sp³-hybridized carbons (Fsp3) is 0.276. The van der Waals surface area contributed by atoms with Crippen LogP contribution in [0.5, 0.6) is 0 Å². The highest BCUT2D eigenvalue weighted by Crippen LogP contribution is 2.49. The van der Waals surface area contributed by atoms with Gasteiger partial charge in [0.15, 0.2) is 0 Å². The lowest BCUT2D eigenvalue weighted by molar-refractivity contribution is -0.130. The molecule has 38 heavy (non-hydrogen) atoms. The summed E-state index contributed by atoms with van der Waals surface area (Å²) in [5, 5.41) is 9.85. The second kappa shape index (κ2) is 10.6. The molecule has 9 heteroatoms. The number of nitrogens with zero attached hydrogens (tertiary/aromatic N) is 4. The van der Waals surface area contributed by atoms with Crippen molar-refractivity contribution in [2.24, 2.45) is 0 Å². The molecule has 6 rings (SSSR count). The molecular weight excluding hydrogens is 536 g/mol. The van der Waals surface area contributed by atoms with Crippen molar-refractivity contribution in [2.45, 2.75) is 25.0 Å². The van der Waals surface area contributed by atoms with E-state index in [-0.39, 0.29) is 29.4 Å². The number of likely N-dealkylation sites (tertiary alicyclic amines) is 1. The van der Waals surface area contributed by atoms with E-state index in [2.05, 4.69) is 16.8 Å². The lowest BCUT2D eigenvalue weighted by atomic mass is 10.0. The zero-order chi connectivity index (χ0) is 26.2. The van der Waals surface area contributed by atoms with E-state index in [1.54, 1.807) is 28.0 Å². The van der Waals surface area contributed by atoms with Crippen LogP contribution in [-0.4, -0.2) is 51.9 Å². The number of benzene rings is 2. The quantitative estimate of drug-likeness (QED) is 0.284. The van der Waals surface area contributed by atoms with Gasteiger partial charge in [-0.05, 0) is 66.4 Å². The number of fused-ring (bicyclic) bond motifs is 1. The molecule has 0 saturated carbocycles. The summed E-state index contributed by atoms with van der Waals surface area (Å²) in [6.45, 7) is 3.53. The first-order chi connectivity index (χ1) is 18.5. The van der Waals surface area contributed by atoms with Gasteiger partial charge in [0, 0.05) is 29.2 Å². The van der Waals surface area contributed by atoms with Gasteiger partial charge in [-0.25, -0.2) is 4.68 Å². The predicted molar refractivity (Wildman–Crippen MR) is 156 cm³/mol. The zero-order valence-electron chi connectivity index (χ0n) is 21.0. The summed E-state index contributed by atoms with van der Waals surface area (Å²) < 4.78 is 1.85. The monoisotopic (exact) mass is 562 g/mol. The van der Waals surface area contributed by atoms with Crippen LogP contribution in [0.4, 0.5) is 5.82 Å². The van der Waals surface area contributed by atoms with E-state index >= 15 is 0 Å². The topological polar surface area (TPSA) is 58.4 Å². The van der Waals surface area contributed by atoms with E-state index in [9.17, 15) is 9.59 Å². The molecule has 4 heterocycles. The van der Waals surface area contributed by atoms with Crippen LogP contribution in [0.25, 0.3) is 16.9 Å². The smallest absolute Gasteiger partial charge is 0.242 e. The van der Waals surface area contributed by atoms with Crippen LogP contribution in [0.1, 0.15) is 34.8 Å². The minimum atomic E-state index is -0.114. The molecule has 6 nitrogen and oxygen atoms in total. The van der Waals surface area contributed by atoms with Gasteiger partial charge in [-0.2, -0.15) is 16.4 Å². The van der Waals surface area contributed by atoms with E-state index in [1.807, 2.05) is 65.0 Å². The van der Waals surface area contributed by atoms with Crippen molar-refractivity contribution in [3.05, 3.63) is 87.1 Å². The molecule has 4 aromatic rings. The molecule has 194 valence electrons. The second-order valence-electron chi connectivity index (χ2n) is 9.66. The summed E-state index contributed by atoms with van der Waals surface area (Å²) in [5.41, 5.74) is 5.74. The molecule has 2 aromatic heterocycles. The summed E-state index contributed by atoms with van der Waals surface area (Å²) in [5.74, 6) is 0.830. The SMILES string of the molecule is Cc1ccc(-n2nc(-c3ccc(Cl)cc3)c3c2N(CC(=O)N2CCCC2)C(=O)CS[C@@H]3c2ccsc2)cc1. The van der Waals surface area contributed by atoms with Gasteiger partial charge in [0.25, 0.3) is 0 Å². The first kappa shape index (κ1) is 25.2. The van der Waals surface area contributed by atoms with Crippen LogP contribution < -0.4 is 4.90 Å². The second-order valence-corrected chi connectivity index (χ2v) is 12.0. The Hall–Kier alpha value is -3.07. The van der Waals surface area contributed by atoms with Crippen molar-refractivity contribution >= 4 is 52.3 Å². The molecule has 0 spiro atoms. The Kier molecular flexibility index (Phi) is 7.03. The Bertz CT molecular complexity index is 1460. The Morgan fingerprint density at radius 1 is 1.05 bits per heavy atom. The predicted octanol–water partition coefficient (Wildman–Crippen LogP) is 6.35. The third-order valence-corrected chi connectivity index (χ3v) is 9.29. The molecule has 1 fully saturated rings. The number of hydrogen-bond donors (Lipinski definition) is 0. The largest absolute Gasteiger partial charge is 0.341 e. The molecule has 2 amide bonds. The molecule has 1 saturated heterocycles. The average molecular weight is 563 g/mol. The van der Waals surface area contributed by atoms with E-state index in [1.165, 1.54) is 0 Å². The molecular formula is C29H27ClN4O2S2. The number of anilines is 1. The van der Waals surface area contributed by atoms with Gasteiger partial charge in [-0.15, -0.1) is 11.8 Å². The third-order valence-electron chi connectivity index (χ3n) is 7.08. The molecule has 2 aromatic carbocycles. The highest BCUT2D eigenvalue weighted by molar-refractivity contribution is 8.00. The Labute approximate surface area is 235 Å². The van der Waals surface area contributed by atoms with Gasteiger partial charge >= 0.3 is 0 Å². The number of carbonyl (C=O) groups excluding carboxylic acids is 2. The summed E-state index contributed by atoms with van der Waals surface area (Å²) in [6.07, 6.45) is 2.01.